The van der Waals surface area contributed by atoms with Crippen LogP contribution in [0.2, 0.25) is 0 Å². The van der Waals surface area contributed by atoms with Crippen LogP contribution in [0.15, 0.2) is 30.3 Å². The van der Waals surface area contributed by atoms with Gasteiger partial charge in [0, 0.05) is 6.42 Å². The number of methoxy groups -OCH3 is 1. The zero-order valence-electron chi connectivity index (χ0n) is 11.4. The maximum Gasteiger partial charge on any atom is 0.344 e. The van der Waals surface area contributed by atoms with Crippen molar-refractivity contribution in [2.24, 2.45) is 11.8 Å². The average Bonchev–Trinajstić information content (AvgIpc) is 2.67. The van der Waals surface area contributed by atoms with Gasteiger partial charge in [-0.3, -0.25) is 14.5 Å². The lowest BCUT2D eigenvalue weighted by Gasteiger charge is -2.39. The van der Waals surface area contributed by atoms with Gasteiger partial charge < -0.3 is 4.74 Å². The highest BCUT2D eigenvalue weighted by Gasteiger charge is 2.71. The maximum absolute atomic E-state index is 14.5. The molecule has 0 aromatic heterocycles. The van der Waals surface area contributed by atoms with E-state index in [0.29, 0.717) is 0 Å². The molecule has 1 aliphatic carbocycles. The van der Waals surface area contributed by atoms with Crippen molar-refractivity contribution in [1.29, 1.82) is 0 Å². The van der Waals surface area contributed by atoms with Crippen LogP contribution in [0.1, 0.15) is 12.0 Å². The first-order valence-corrected chi connectivity index (χ1v) is 6.65. The van der Waals surface area contributed by atoms with Crippen LogP contribution in [-0.2, 0) is 25.7 Å². The molecule has 0 N–H and O–H groups in total. The van der Waals surface area contributed by atoms with E-state index < -0.39 is 35.3 Å². The number of carbonyl (C=O) groups is 3. The van der Waals surface area contributed by atoms with Gasteiger partial charge >= 0.3 is 5.97 Å². The molecule has 21 heavy (non-hydrogen) atoms. The quantitative estimate of drug-likeness (QED) is 0.617. The van der Waals surface area contributed by atoms with Crippen LogP contribution in [0.3, 0.4) is 0 Å². The minimum absolute atomic E-state index is 0.1000. The summed E-state index contributed by atoms with van der Waals surface area (Å²) in [4.78, 5) is 37.0. The zero-order valence-corrected chi connectivity index (χ0v) is 11.4. The van der Waals surface area contributed by atoms with Gasteiger partial charge in [0.2, 0.25) is 17.5 Å². The van der Waals surface area contributed by atoms with E-state index in [-0.39, 0.29) is 13.0 Å². The molecule has 2 fully saturated rings. The highest BCUT2D eigenvalue weighted by atomic mass is 19.1. The summed E-state index contributed by atoms with van der Waals surface area (Å²) >= 11 is 0. The predicted molar refractivity (Wildman–Crippen MR) is 69.5 cm³/mol. The average molecular weight is 291 g/mol. The van der Waals surface area contributed by atoms with E-state index in [0.717, 1.165) is 17.6 Å². The van der Waals surface area contributed by atoms with Gasteiger partial charge in [-0.15, -0.1) is 0 Å². The number of likely N-dealkylation sites (tertiary alicyclic amines) is 1. The van der Waals surface area contributed by atoms with Crippen molar-refractivity contribution in [2.75, 3.05) is 7.11 Å². The van der Waals surface area contributed by atoms with Gasteiger partial charge in [-0.25, -0.2) is 9.18 Å². The summed E-state index contributed by atoms with van der Waals surface area (Å²) < 4.78 is 18.9. The fraction of sp³-hybridized carbons (Fsp3) is 0.400. The van der Waals surface area contributed by atoms with E-state index in [1.54, 1.807) is 24.3 Å². The van der Waals surface area contributed by atoms with Gasteiger partial charge in [0.05, 0.1) is 25.5 Å². The highest BCUT2D eigenvalue weighted by Crippen LogP contribution is 2.53. The molecule has 3 atom stereocenters. The summed E-state index contributed by atoms with van der Waals surface area (Å²) in [5.41, 5.74) is -1.58. The molecule has 1 heterocycles. The Hall–Kier alpha value is -2.24. The van der Waals surface area contributed by atoms with Crippen LogP contribution in [0.4, 0.5) is 4.39 Å². The molecule has 3 rings (SSSR count). The molecule has 0 spiro atoms. The number of hydrogen-bond acceptors (Lipinski definition) is 4. The van der Waals surface area contributed by atoms with Gasteiger partial charge in [0.25, 0.3) is 0 Å². The third-order valence-electron chi connectivity index (χ3n) is 4.24. The first-order valence-electron chi connectivity index (χ1n) is 6.65. The lowest BCUT2D eigenvalue weighted by atomic mass is 9.63. The fourth-order valence-electron chi connectivity index (χ4n) is 3.10. The van der Waals surface area contributed by atoms with Crippen molar-refractivity contribution < 1.29 is 23.5 Å². The maximum atomic E-state index is 14.5. The molecule has 2 amide bonds. The SMILES string of the molecule is COC(=O)[C@@]1(F)C[C@@H]2C(=O)N(Cc3ccccc3)C(=O)[C@@H]21. The Labute approximate surface area is 120 Å². The first kappa shape index (κ1) is 13.7. The Bertz CT molecular complexity index is 617. The summed E-state index contributed by atoms with van der Waals surface area (Å²) in [6, 6.07) is 8.98. The number of carbonyl (C=O) groups excluding carboxylic acids is 3. The van der Waals surface area contributed by atoms with E-state index >= 15 is 0 Å². The Balaban J connectivity index is 1.83. The number of alkyl halides is 1. The number of amides is 2. The second-order valence-electron chi connectivity index (χ2n) is 5.39. The zero-order chi connectivity index (χ0) is 15.2. The molecule has 0 radical (unpaired) electrons. The van der Waals surface area contributed by atoms with Crippen molar-refractivity contribution in [3.63, 3.8) is 0 Å². The first-order chi connectivity index (χ1) is 9.99. The third-order valence-corrected chi connectivity index (χ3v) is 4.24. The smallest absolute Gasteiger partial charge is 0.344 e. The molecule has 110 valence electrons. The third kappa shape index (κ3) is 1.86. The summed E-state index contributed by atoms with van der Waals surface area (Å²) in [6.07, 6.45) is -0.278. The van der Waals surface area contributed by atoms with Crippen LogP contribution in [0.25, 0.3) is 0 Å². The number of esters is 1. The van der Waals surface area contributed by atoms with Gasteiger partial charge in [-0.1, -0.05) is 30.3 Å². The lowest BCUT2D eigenvalue weighted by molar-refractivity contribution is -0.177. The topological polar surface area (TPSA) is 63.7 Å². The molecular weight excluding hydrogens is 277 g/mol. The Morgan fingerprint density at radius 1 is 1.33 bits per heavy atom. The minimum Gasteiger partial charge on any atom is -0.467 e. The number of halogens is 1. The van der Waals surface area contributed by atoms with Crippen LogP contribution in [0.5, 0.6) is 0 Å². The molecular formula is C15H14FNO4. The number of imide groups is 1. The number of ether oxygens (including phenoxy) is 1. The number of hydrogen-bond donors (Lipinski definition) is 0. The van der Waals surface area contributed by atoms with Crippen LogP contribution in [0, 0.1) is 11.8 Å². The molecule has 1 aliphatic heterocycles. The van der Waals surface area contributed by atoms with Crippen molar-refractivity contribution in [3.05, 3.63) is 35.9 Å². The molecule has 6 heteroatoms. The summed E-state index contributed by atoms with van der Waals surface area (Å²) in [6.45, 7) is 0.1000. The Kier molecular flexibility index (Phi) is 3.04. The Morgan fingerprint density at radius 2 is 2.00 bits per heavy atom. The van der Waals surface area contributed by atoms with Gasteiger partial charge in [0.15, 0.2) is 0 Å². The van der Waals surface area contributed by atoms with Crippen molar-refractivity contribution in [2.45, 2.75) is 18.6 Å². The Morgan fingerprint density at radius 3 is 2.62 bits per heavy atom. The van der Waals surface area contributed by atoms with Crippen LogP contribution >= 0.6 is 0 Å². The van der Waals surface area contributed by atoms with Gasteiger partial charge in [-0.2, -0.15) is 0 Å². The second kappa shape index (κ2) is 4.65. The molecule has 0 bridgehead atoms. The standard InChI is InChI=1S/C15H14FNO4/c1-21-14(20)15(16)7-10-11(15)13(19)17(12(10)18)8-9-5-3-2-4-6-9/h2-6,10-11H,7-8H2,1H3/t10-,11+,15+/m0/s1. The molecule has 0 unspecified atom stereocenters. The van der Waals surface area contributed by atoms with Gasteiger partial charge in [-0.05, 0) is 5.56 Å². The van der Waals surface area contributed by atoms with Crippen molar-refractivity contribution >= 4 is 17.8 Å². The highest BCUT2D eigenvalue weighted by molar-refractivity contribution is 6.10. The van der Waals surface area contributed by atoms with Crippen LogP contribution in [-0.4, -0.2) is 35.5 Å². The summed E-state index contributed by atoms with van der Waals surface area (Å²) in [5, 5.41) is 0. The van der Waals surface area contributed by atoms with Crippen molar-refractivity contribution in [1.82, 2.24) is 4.90 Å². The number of rotatable bonds is 3. The van der Waals surface area contributed by atoms with Crippen molar-refractivity contribution in [3.8, 4) is 0 Å². The van der Waals surface area contributed by atoms with E-state index in [1.807, 2.05) is 6.07 Å². The molecule has 1 aromatic carbocycles. The number of benzene rings is 1. The normalized spacial score (nSPS) is 30.9. The van der Waals surface area contributed by atoms with Crippen LogP contribution < -0.4 is 0 Å². The molecule has 2 aliphatic rings. The molecule has 5 nitrogen and oxygen atoms in total. The second-order valence-corrected chi connectivity index (χ2v) is 5.39. The monoisotopic (exact) mass is 291 g/mol. The minimum atomic E-state index is -2.36. The summed E-state index contributed by atoms with van der Waals surface area (Å²) in [5.74, 6) is -4.10. The van der Waals surface area contributed by atoms with E-state index in [2.05, 4.69) is 4.74 Å². The molecule has 1 saturated carbocycles. The summed E-state index contributed by atoms with van der Waals surface area (Å²) in [7, 11) is 1.07. The molecule has 1 aromatic rings. The number of nitrogens with zero attached hydrogens (tertiary/aromatic N) is 1. The van der Waals surface area contributed by atoms with E-state index in [1.165, 1.54) is 0 Å². The predicted octanol–water partition coefficient (Wildman–Crippen LogP) is 1.07. The number of fused-ring (bicyclic) bond motifs is 1. The molecule has 1 saturated heterocycles. The fourth-order valence-corrected chi connectivity index (χ4v) is 3.10. The lowest BCUT2D eigenvalue weighted by Crippen LogP contribution is -2.57. The van der Waals surface area contributed by atoms with E-state index in [4.69, 9.17) is 0 Å². The van der Waals surface area contributed by atoms with E-state index in [9.17, 15) is 18.8 Å². The van der Waals surface area contributed by atoms with Gasteiger partial charge in [0.1, 0.15) is 0 Å². The largest absolute Gasteiger partial charge is 0.467 e.